The molecule has 92 valence electrons. The number of hydrogen-bond acceptors (Lipinski definition) is 4. The molecule has 0 spiro atoms. The highest BCUT2D eigenvalue weighted by molar-refractivity contribution is 6.00. The van der Waals surface area contributed by atoms with Crippen LogP contribution in [0, 0.1) is 0 Å². The smallest absolute Gasteiger partial charge is 0.337 e. The summed E-state index contributed by atoms with van der Waals surface area (Å²) < 4.78 is 1.61. The zero-order chi connectivity index (χ0) is 13.1. The number of rotatable bonds is 3. The second-order valence-corrected chi connectivity index (χ2v) is 3.59. The molecule has 0 saturated carbocycles. The van der Waals surface area contributed by atoms with Crippen LogP contribution in [0.2, 0.25) is 0 Å². The molecule has 0 bridgehead atoms. The second-order valence-electron chi connectivity index (χ2n) is 3.59. The number of aromatic nitrogens is 3. The monoisotopic (exact) mass is 246 g/mol. The molecule has 1 heterocycles. The SMILES string of the molecule is CC(=O)Nc1cc(-n2cnnc2)ccc1C(=O)O. The number of carbonyl (C=O) groups is 2. The van der Waals surface area contributed by atoms with Crippen molar-refractivity contribution in [3.8, 4) is 5.69 Å². The number of nitrogens with one attached hydrogen (secondary N) is 1. The lowest BCUT2D eigenvalue weighted by molar-refractivity contribution is -0.114. The van der Waals surface area contributed by atoms with Crippen molar-refractivity contribution in [3.63, 3.8) is 0 Å². The normalized spacial score (nSPS) is 10.1. The van der Waals surface area contributed by atoms with Gasteiger partial charge in [0, 0.05) is 6.92 Å². The minimum Gasteiger partial charge on any atom is -0.478 e. The molecular weight excluding hydrogens is 236 g/mol. The van der Waals surface area contributed by atoms with Crippen LogP contribution in [-0.2, 0) is 4.79 Å². The first-order valence-corrected chi connectivity index (χ1v) is 5.08. The van der Waals surface area contributed by atoms with Crippen LogP contribution in [0.4, 0.5) is 5.69 Å². The third kappa shape index (κ3) is 2.34. The molecule has 0 radical (unpaired) electrons. The van der Waals surface area contributed by atoms with Crippen LogP contribution in [-0.4, -0.2) is 31.7 Å². The van der Waals surface area contributed by atoms with Crippen LogP contribution in [0.1, 0.15) is 17.3 Å². The summed E-state index contributed by atoms with van der Waals surface area (Å²) in [5.41, 5.74) is 0.928. The Labute approximate surface area is 102 Å². The lowest BCUT2D eigenvalue weighted by Crippen LogP contribution is -2.11. The Balaban J connectivity index is 2.48. The highest BCUT2D eigenvalue weighted by Gasteiger charge is 2.12. The minimum atomic E-state index is -1.10. The fourth-order valence-corrected chi connectivity index (χ4v) is 1.51. The molecule has 0 aliphatic rings. The Kier molecular flexibility index (Phi) is 3.05. The van der Waals surface area contributed by atoms with Crippen molar-refractivity contribution in [3.05, 3.63) is 36.4 Å². The maximum absolute atomic E-state index is 11.1. The van der Waals surface area contributed by atoms with Crippen LogP contribution in [0.5, 0.6) is 0 Å². The molecule has 2 rings (SSSR count). The van der Waals surface area contributed by atoms with Gasteiger partial charge in [-0.15, -0.1) is 10.2 Å². The van der Waals surface area contributed by atoms with E-state index in [-0.39, 0.29) is 17.2 Å². The number of nitrogens with zero attached hydrogens (tertiary/aromatic N) is 3. The van der Waals surface area contributed by atoms with E-state index in [0.29, 0.717) is 5.69 Å². The number of amides is 1. The van der Waals surface area contributed by atoms with Gasteiger partial charge in [0.25, 0.3) is 0 Å². The average molecular weight is 246 g/mol. The first kappa shape index (κ1) is 11.8. The van der Waals surface area contributed by atoms with Crippen molar-refractivity contribution < 1.29 is 14.7 Å². The largest absolute Gasteiger partial charge is 0.478 e. The maximum atomic E-state index is 11.1. The summed E-state index contributed by atoms with van der Waals surface area (Å²) in [6, 6.07) is 4.58. The van der Waals surface area contributed by atoms with Gasteiger partial charge in [0.05, 0.1) is 16.9 Å². The Hall–Kier alpha value is -2.70. The molecule has 1 aromatic carbocycles. The van der Waals surface area contributed by atoms with Crippen molar-refractivity contribution in [2.75, 3.05) is 5.32 Å². The average Bonchev–Trinajstić information content (AvgIpc) is 2.81. The summed E-state index contributed by atoms with van der Waals surface area (Å²) in [6.45, 7) is 1.32. The van der Waals surface area contributed by atoms with E-state index < -0.39 is 5.97 Å². The van der Waals surface area contributed by atoms with Gasteiger partial charge in [0.1, 0.15) is 12.7 Å². The maximum Gasteiger partial charge on any atom is 0.337 e. The first-order valence-electron chi connectivity index (χ1n) is 5.08. The van der Waals surface area contributed by atoms with Crippen LogP contribution < -0.4 is 5.32 Å². The van der Waals surface area contributed by atoms with Crippen molar-refractivity contribution in [1.82, 2.24) is 14.8 Å². The molecule has 0 fully saturated rings. The highest BCUT2D eigenvalue weighted by atomic mass is 16.4. The van der Waals surface area contributed by atoms with Gasteiger partial charge in [-0.3, -0.25) is 9.36 Å². The molecule has 0 aliphatic heterocycles. The van der Waals surface area contributed by atoms with E-state index in [9.17, 15) is 9.59 Å². The predicted octanol–water partition coefficient (Wildman–Crippen LogP) is 0.924. The van der Waals surface area contributed by atoms with E-state index in [4.69, 9.17) is 5.11 Å². The number of benzene rings is 1. The Bertz CT molecular complexity index is 592. The van der Waals surface area contributed by atoms with Gasteiger partial charge in [-0.1, -0.05) is 0 Å². The summed E-state index contributed by atoms with van der Waals surface area (Å²) in [5, 5.41) is 18.8. The van der Waals surface area contributed by atoms with E-state index in [1.165, 1.54) is 25.6 Å². The summed E-state index contributed by atoms with van der Waals surface area (Å²) in [4.78, 5) is 22.1. The zero-order valence-corrected chi connectivity index (χ0v) is 9.49. The van der Waals surface area contributed by atoms with Gasteiger partial charge in [-0.25, -0.2) is 4.79 Å². The van der Waals surface area contributed by atoms with Crippen molar-refractivity contribution in [2.45, 2.75) is 6.92 Å². The fraction of sp³-hybridized carbons (Fsp3) is 0.0909. The lowest BCUT2D eigenvalue weighted by atomic mass is 10.1. The van der Waals surface area contributed by atoms with Crippen molar-refractivity contribution in [2.24, 2.45) is 0 Å². The van der Waals surface area contributed by atoms with Crippen LogP contribution in [0.25, 0.3) is 5.69 Å². The quantitative estimate of drug-likeness (QED) is 0.839. The second kappa shape index (κ2) is 4.66. The van der Waals surface area contributed by atoms with Crippen LogP contribution in [0.3, 0.4) is 0 Å². The third-order valence-corrected chi connectivity index (χ3v) is 2.26. The van der Waals surface area contributed by atoms with Crippen LogP contribution in [0.15, 0.2) is 30.9 Å². The van der Waals surface area contributed by atoms with Crippen molar-refractivity contribution in [1.29, 1.82) is 0 Å². The molecule has 0 aliphatic carbocycles. The van der Waals surface area contributed by atoms with E-state index >= 15 is 0 Å². The summed E-state index contributed by atoms with van der Waals surface area (Å²) in [5.74, 6) is -1.44. The number of hydrogen-bond donors (Lipinski definition) is 2. The molecule has 18 heavy (non-hydrogen) atoms. The zero-order valence-electron chi connectivity index (χ0n) is 9.49. The number of carboxylic acid groups (broad SMARTS) is 1. The number of carboxylic acids is 1. The fourth-order valence-electron chi connectivity index (χ4n) is 1.51. The van der Waals surface area contributed by atoms with Crippen LogP contribution >= 0.6 is 0 Å². The molecule has 1 amide bonds. The summed E-state index contributed by atoms with van der Waals surface area (Å²) in [6.07, 6.45) is 2.96. The molecular formula is C11H10N4O3. The van der Waals surface area contributed by atoms with Gasteiger partial charge >= 0.3 is 5.97 Å². The minimum absolute atomic E-state index is 0.0297. The molecule has 2 N–H and O–H groups in total. The van der Waals surface area contributed by atoms with E-state index in [2.05, 4.69) is 15.5 Å². The molecule has 0 atom stereocenters. The van der Waals surface area contributed by atoms with E-state index in [1.807, 2.05) is 0 Å². The van der Waals surface area contributed by atoms with Gasteiger partial charge < -0.3 is 10.4 Å². The predicted molar refractivity (Wildman–Crippen MR) is 62.6 cm³/mol. The molecule has 7 nitrogen and oxygen atoms in total. The summed E-state index contributed by atoms with van der Waals surface area (Å²) >= 11 is 0. The third-order valence-electron chi connectivity index (χ3n) is 2.26. The molecule has 7 heteroatoms. The summed E-state index contributed by atoms with van der Waals surface area (Å²) in [7, 11) is 0. The number of carbonyl (C=O) groups excluding carboxylic acids is 1. The van der Waals surface area contributed by atoms with E-state index in [1.54, 1.807) is 16.7 Å². The Morgan fingerprint density at radius 2 is 1.94 bits per heavy atom. The molecule has 0 unspecified atom stereocenters. The van der Waals surface area contributed by atoms with Gasteiger partial charge in [-0.05, 0) is 18.2 Å². The number of anilines is 1. The topological polar surface area (TPSA) is 97.1 Å². The molecule has 1 aromatic heterocycles. The van der Waals surface area contributed by atoms with Gasteiger partial charge in [-0.2, -0.15) is 0 Å². The van der Waals surface area contributed by atoms with Gasteiger partial charge in [0.2, 0.25) is 5.91 Å². The van der Waals surface area contributed by atoms with Gasteiger partial charge in [0.15, 0.2) is 0 Å². The van der Waals surface area contributed by atoms with E-state index in [0.717, 1.165) is 0 Å². The Morgan fingerprint density at radius 1 is 1.28 bits per heavy atom. The molecule has 0 saturated heterocycles. The highest BCUT2D eigenvalue weighted by Crippen LogP contribution is 2.20. The Morgan fingerprint density at radius 3 is 2.50 bits per heavy atom. The lowest BCUT2D eigenvalue weighted by Gasteiger charge is -2.09. The number of aromatic carboxylic acids is 1. The first-order chi connectivity index (χ1) is 8.58. The standard InChI is InChI=1S/C11H10N4O3/c1-7(16)14-10-4-8(15-5-12-13-6-15)2-3-9(10)11(17)18/h2-6H,1H3,(H,14,16)(H,17,18). The van der Waals surface area contributed by atoms with Crippen molar-refractivity contribution >= 4 is 17.6 Å². The molecule has 2 aromatic rings.